The van der Waals surface area contributed by atoms with Gasteiger partial charge in [-0.15, -0.1) is 0 Å². The number of aliphatic imine (C=N–C) groups is 1. The van der Waals surface area contributed by atoms with Gasteiger partial charge in [0.05, 0.1) is 0 Å². The number of guanidine groups is 1. The monoisotopic (exact) mass is 311 g/mol. The lowest BCUT2D eigenvalue weighted by Crippen LogP contribution is -2.41. The number of nitrogens with one attached hydrogen (secondary N) is 2. The van der Waals surface area contributed by atoms with Gasteiger partial charge in [0.1, 0.15) is 0 Å². The molecule has 1 saturated carbocycles. The van der Waals surface area contributed by atoms with E-state index in [1.54, 1.807) is 0 Å². The van der Waals surface area contributed by atoms with Crippen LogP contribution in [0.4, 0.5) is 0 Å². The zero-order valence-electron chi connectivity index (χ0n) is 13.7. The minimum Gasteiger partial charge on any atom is -0.356 e. The highest BCUT2D eigenvalue weighted by Crippen LogP contribution is 2.47. The van der Waals surface area contributed by atoms with Gasteiger partial charge in [-0.05, 0) is 30.9 Å². The van der Waals surface area contributed by atoms with Crippen LogP contribution >= 0.6 is 0 Å². The number of hydrogen-bond donors (Lipinski definition) is 2. The molecule has 0 saturated heterocycles. The number of nitrogens with zero attached hydrogens (tertiary/aromatic N) is 3. The second-order valence-corrected chi connectivity index (χ2v) is 6.12. The summed E-state index contributed by atoms with van der Waals surface area (Å²) in [6.45, 7) is 2.75. The summed E-state index contributed by atoms with van der Waals surface area (Å²) in [6.07, 6.45) is 7.32. The molecule has 3 rings (SSSR count). The Kier molecular flexibility index (Phi) is 4.95. The van der Waals surface area contributed by atoms with Crippen molar-refractivity contribution < 1.29 is 0 Å². The van der Waals surface area contributed by atoms with Gasteiger partial charge in [0.2, 0.25) is 0 Å². The van der Waals surface area contributed by atoms with Gasteiger partial charge in [-0.3, -0.25) is 9.67 Å². The van der Waals surface area contributed by atoms with E-state index in [0.29, 0.717) is 5.41 Å². The number of hydrogen-bond acceptors (Lipinski definition) is 2. The van der Waals surface area contributed by atoms with Gasteiger partial charge >= 0.3 is 0 Å². The SMILES string of the molecule is CN=C(NCCCn1cccn1)NCC1(c2ccccc2)CC1. The summed E-state index contributed by atoms with van der Waals surface area (Å²) in [7, 11) is 1.82. The van der Waals surface area contributed by atoms with E-state index < -0.39 is 0 Å². The predicted octanol–water partition coefficient (Wildman–Crippen LogP) is 2.17. The van der Waals surface area contributed by atoms with Gasteiger partial charge in [0.25, 0.3) is 0 Å². The van der Waals surface area contributed by atoms with E-state index in [0.717, 1.165) is 32.0 Å². The number of aryl methyl sites for hydroxylation is 1. The normalized spacial score (nSPS) is 16.1. The van der Waals surface area contributed by atoms with Crippen LogP contribution in [0.15, 0.2) is 53.8 Å². The van der Waals surface area contributed by atoms with Gasteiger partial charge in [0.15, 0.2) is 5.96 Å². The smallest absolute Gasteiger partial charge is 0.191 e. The van der Waals surface area contributed by atoms with Crippen LogP contribution in [0, 0.1) is 0 Å². The van der Waals surface area contributed by atoms with Crippen LogP contribution in [0.25, 0.3) is 0 Å². The second-order valence-electron chi connectivity index (χ2n) is 6.12. The molecule has 1 aromatic carbocycles. The summed E-state index contributed by atoms with van der Waals surface area (Å²) in [5.41, 5.74) is 1.73. The fourth-order valence-electron chi connectivity index (χ4n) is 2.86. The van der Waals surface area contributed by atoms with Gasteiger partial charge in [-0.1, -0.05) is 30.3 Å². The molecule has 0 bridgehead atoms. The lowest BCUT2D eigenvalue weighted by molar-refractivity contribution is 0.567. The molecule has 1 aliphatic rings. The Labute approximate surface area is 137 Å². The molecule has 23 heavy (non-hydrogen) atoms. The second kappa shape index (κ2) is 7.31. The van der Waals surface area contributed by atoms with Crippen molar-refractivity contribution in [1.82, 2.24) is 20.4 Å². The third-order valence-electron chi connectivity index (χ3n) is 4.47. The van der Waals surface area contributed by atoms with Gasteiger partial charge < -0.3 is 10.6 Å². The third kappa shape index (κ3) is 4.12. The molecule has 1 fully saturated rings. The fourth-order valence-corrected chi connectivity index (χ4v) is 2.86. The van der Waals surface area contributed by atoms with E-state index in [1.807, 2.05) is 30.2 Å². The molecule has 0 amide bonds. The highest BCUT2D eigenvalue weighted by atomic mass is 15.3. The summed E-state index contributed by atoms with van der Waals surface area (Å²) >= 11 is 0. The molecule has 1 aromatic heterocycles. The largest absolute Gasteiger partial charge is 0.356 e. The highest BCUT2D eigenvalue weighted by Gasteiger charge is 2.43. The van der Waals surface area contributed by atoms with Crippen molar-refractivity contribution in [3.63, 3.8) is 0 Å². The average Bonchev–Trinajstić information content (AvgIpc) is 3.21. The summed E-state index contributed by atoms with van der Waals surface area (Å²) < 4.78 is 1.95. The minimum absolute atomic E-state index is 0.300. The van der Waals surface area contributed by atoms with E-state index in [9.17, 15) is 0 Å². The fraction of sp³-hybridized carbons (Fsp3) is 0.444. The maximum absolute atomic E-state index is 4.32. The molecule has 0 unspecified atom stereocenters. The van der Waals surface area contributed by atoms with Crippen LogP contribution in [0.5, 0.6) is 0 Å². The Morgan fingerprint density at radius 1 is 1.22 bits per heavy atom. The number of benzene rings is 1. The molecule has 122 valence electrons. The molecule has 1 heterocycles. The molecule has 0 spiro atoms. The molecule has 0 atom stereocenters. The van der Waals surface area contributed by atoms with Crippen LogP contribution in [0.3, 0.4) is 0 Å². The molecule has 0 aliphatic heterocycles. The molecular formula is C18H25N5. The van der Waals surface area contributed by atoms with Crippen molar-refractivity contribution in [2.75, 3.05) is 20.1 Å². The molecule has 5 nitrogen and oxygen atoms in total. The van der Waals surface area contributed by atoms with Crippen LogP contribution < -0.4 is 10.6 Å². The van der Waals surface area contributed by atoms with Gasteiger partial charge in [0, 0.05) is 44.5 Å². The topological polar surface area (TPSA) is 54.2 Å². The zero-order chi connectivity index (χ0) is 16.0. The predicted molar refractivity (Wildman–Crippen MR) is 93.6 cm³/mol. The van der Waals surface area contributed by atoms with Crippen molar-refractivity contribution in [1.29, 1.82) is 0 Å². The maximum atomic E-state index is 4.32. The van der Waals surface area contributed by atoms with Gasteiger partial charge in [-0.2, -0.15) is 5.10 Å². The van der Waals surface area contributed by atoms with Crippen LogP contribution in [0.2, 0.25) is 0 Å². The summed E-state index contributed by atoms with van der Waals surface area (Å²) in [6, 6.07) is 12.7. The summed E-state index contributed by atoms with van der Waals surface area (Å²) in [5.74, 6) is 0.882. The maximum Gasteiger partial charge on any atom is 0.191 e. The lowest BCUT2D eigenvalue weighted by Gasteiger charge is -2.19. The third-order valence-corrected chi connectivity index (χ3v) is 4.47. The van der Waals surface area contributed by atoms with E-state index >= 15 is 0 Å². The van der Waals surface area contributed by atoms with Crippen molar-refractivity contribution in [3.8, 4) is 0 Å². The lowest BCUT2D eigenvalue weighted by atomic mass is 9.96. The summed E-state index contributed by atoms with van der Waals surface area (Å²) in [5, 5.41) is 11.1. The van der Waals surface area contributed by atoms with E-state index in [1.165, 1.54) is 18.4 Å². The first-order valence-electron chi connectivity index (χ1n) is 8.30. The van der Waals surface area contributed by atoms with Crippen LogP contribution in [-0.2, 0) is 12.0 Å². The quantitative estimate of drug-likeness (QED) is 0.468. The van der Waals surface area contributed by atoms with E-state index in [2.05, 4.69) is 51.1 Å². The molecule has 2 aromatic rings. The Bertz CT molecular complexity index is 614. The standard InChI is InChI=1S/C18H25N5/c1-19-17(20-11-5-13-23-14-6-12-22-23)21-15-18(9-10-18)16-7-3-2-4-8-16/h2-4,6-8,12,14H,5,9-11,13,15H2,1H3,(H2,19,20,21). The van der Waals surface area contributed by atoms with E-state index in [-0.39, 0.29) is 0 Å². The minimum atomic E-state index is 0.300. The molecule has 0 radical (unpaired) electrons. The Morgan fingerprint density at radius 3 is 2.70 bits per heavy atom. The Hall–Kier alpha value is -2.30. The van der Waals surface area contributed by atoms with Crippen LogP contribution in [0.1, 0.15) is 24.8 Å². The van der Waals surface area contributed by atoms with Crippen molar-refractivity contribution in [2.24, 2.45) is 4.99 Å². The van der Waals surface area contributed by atoms with Gasteiger partial charge in [-0.25, -0.2) is 0 Å². The van der Waals surface area contributed by atoms with Crippen molar-refractivity contribution in [3.05, 3.63) is 54.4 Å². The summed E-state index contributed by atoms with van der Waals surface area (Å²) in [4.78, 5) is 4.32. The van der Waals surface area contributed by atoms with Crippen molar-refractivity contribution in [2.45, 2.75) is 31.2 Å². The first-order valence-corrected chi connectivity index (χ1v) is 8.30. The first kappa shape index (κ1) is 15.6. The van der Waals surface area contributed by atoms with Crippen LogP contribution in [-0.4, -0.2) is 35.9 Å². The molecule has 2 N–H and O–H groups in total. The van der Waals surface area contributed by atoms with Crippen molar-refractivity contribution >= 4 is 5.96 Å². The zero-order valence-corrected chi connectivity index (χ0v) is 13.7. The average molecular weight is 311 g/mol. The number of rotatable bonds is 7. The first-order chi connectivity index (χ1) is 11.3. The highest BCUT2D eigenvalue weighted by molar-refractivity contribution is 5.79. The van der Waals surface area contributed by atoms with E-state index in [4.69, 9.17) is 0 Å². The Balaban J connectivity index is 1.41. The number of aromatic nitrogens is 2. The molecule has 5 heteroatoms. The Morgan fingerprint density at radius 2 is 2.04 bits per heavy atom. The molecule has 1 aliphatic carbocycles. The molecular weight excluding hydrogens is 286 g/mol.